The van der Waals surface area contributed by atoms with Crippen molar-refractivity contribution in [2.24, 2.45) is 0 Å². The highest BCUT2D eigenvalue weighted by atomic mass is 32.1. The summed E-state index contributed by atoms with van der Waals surface area (Å²) in [5.41, 5.74) is 0.992. The Balaban J connectivity index is 2.48. The first-order valence-electron chi connectivity index (χ1n) is 5.78. The van der Waals surface area contributed by atoms with Gasteiger partial charge in [0.15, 0.2) is 0 Å². The molecule has 1 unspecified atom stereocenters. The summed E-state index contributed by atoms with van der Waals surface area (Å²) in [5.74, 6) is 0. The predicted molar refractivity (Wildman–Crippen MR) is 63.0 cm³/mol. The van der Waals surface area contributed by atoms with Crippen molar-refractivity contribution in [3.8, 4) is 0 Å². The molecule has 1 N–H and O–H groups in total. The second-order valence-corrected chi connectivity index (χ2v) is 4.63. The van der Waals surface area contributed by atoms with E-state index < -0.39 is 0 Å². The molecule has 1 aromatic heterocycles. The quantitative estimate of drug-likeness (QED) is 0.729. The van der Waals surface area contributed by atoms with Crippen LogP contribution in [-0.2, 0) is 6.42 Å². The van der Waals surface area contributed by atoms with Gasteiger partial charge < -0.3 is 5.11 Å². The molecule has 0 bridgehead atoms. The van der Waals surface area contributed by atoms with Gasteiger partial charge in [-0.05, 0) is 24.4 Å². The summed E-state index contributed by atoms with van der Waals surface area (Å²) in [6.45, 7) is 4.29. The molecule has 1 rings (SSSR count). The molecule has 1 aromatic rings. The molecule has 86 valence electrons. The summed E-state index contributed by atoms with van der Waals surface area (Å²) in [6, 6.07) is 0. The monoisotopic (exact) mass is 228 g/mol. The van der Waals surface area contributed by atoms with E-state index in [1.54, 1.807) is 0 Å². The minimum absolute atomic E-state index is 0.349. The van der Waals surface area contributed by atoms with E-state index >= 15 is 0 Å². The smallest absolute Gasteiger partial charge is 0.0917 e. The van der Waals surface area contributed by atoms with Gasteiger partial charge in [0.1, 0.15) is 0 Å². The van der Waals surface area contributed by atoms with E-state index in [-0.39, 0.29) is 6.10 Å². The Kier molecular flexibility index (Phi) is 5.79. The number of hydrogen-bond donors (Lipinski definition) is 1. The molecule has 0 spiro atoms. The maximum Gasteiger partial charge on any atom is 0.0917 e. The minimum Gasteiger partial charge on any atom is -0.387 e. The van der Waals surface area contributed by atoms with Crippen LogP contribution >= 0.6 is 11.5 Å². The van der Waals surface area contributed by atoms with Crippen molar-refractivity contribution >= 4 is 11.5 Å². The largest absolute Gasteiger partial charge is 0.387 e. The molecule has 15 heavy (non-hydrogen) atoms. The highest BCUT2D eigenvalue weighted by Gasteiger charge is 2.15. The van der Waals surface area contributed by atoms with Crippen LogP contribution in [0.3, 0.4) is 0 Å². The first-order chi connectivity index (χ1) is 7.29. The van der Waals surface area contributed by atoms with Gasteiger partial charge in [-0.15, -0.1) is 5.10 Å². The molecule has 0 amide bonds. The molecule has 0 aliphatic heterocycles. The van der Waals surface area contributed by atoms with E-state index in [4.69, 9.17) is 0 Å². The van der Waals surface area contributed by atoms with Gasteiger partial charge in [0.25, 0.3) is 0 Å². The van der Waals surface area contributed by atoms with Gasteiger partial charge in [-0.2, -0.15) is 0 Å². The third-order valence-corrected chi connectivity index (χ3v) is 3.32. The van der Waals surface area contributed by atoms with Gasteiger partial charge in [-0.25, -0.2) is 0 Å². The van der Waals surface area contributed by atoms with E-state index in [0.29, 0.717) is 0 Å². The van der Waals surface area contributed by atoms with Crippen LogP contribution in [0.4, 0.5) is 0 Å². The Labute approximate surface area is 95.7 Å². The van der Waals surface area contributed by atoms with Gasteiger partial charge in [0.05, 0.1) is 16.7 Å². The molecule has 0 aromatic carbocycles. The number of aliphatic hydroxyl groups is 1. The standard InChI is InChI=1S/C11H20N2OS/c1-3-5-6-8-10(14)11-9(7-4-2)12-13-15-11/h10,14H,3-8H2,1-2H3. The van der Waals surface area contributed by atoms with E-state index in [9.17, 15) is 5.11 Å². The van der Waals surface area contributed by atoms with Crippen molar-refractivity contribution in [1.82, 2.24) is 9.59 Å². The van der Waals surface area contributed by atoms with Crippen molar-refractivity contribution in [3.63, 3.8) is 0 Å². The summed E-state index contributed by atoms with van der Waals surface area (Å²) < 4.78 is 3.92. The molecule has 0 aliphatic rings. The lowest BCUT2D eigenvalue weighted by atomic mass is 10.1. The zero-order valence-corrected chi connectivity index (χ0v) is 10.4. The summed E-state index contributed by atoms with van der Waals surface area (Å²) in [4.78, 5) is 0.980. The van der Waals surface area contributed by atoms with Crippen LogP contribution in [0.2, 0.25) is 0 Å². The highest BCUT2D eigenvalue weighted by molar-refractivity contribution is 7.05. The molecule has 0 saturated heterocycles. The predicted octanol–water partition coefficient (Wildman–Crippen LogP) is 3.10. The Morgan fingerprint density at radius 3 is 2.73 bits per heavy atom. The van der Waals surface area contributed by atoms with Crippen LogP contribution in [0, 0.1) is 0 Å². The number of aryl methyl sites for hydroxylation is 1. The van der Waals surface area contributed by atoms with Crippen LogP contribution in [0.1, 0.15) is 62.6 Å². The number of rotatable bonds is 7. The van der Waals surface area contributed by atoms with Crippen molar-refractivity contribution < 1.29 is 5.11 Å². The first-order valence-corrected chi connectivity index (χ1v) is 6.56. The molecule has 1 heterocycles. The van der Waals surface area contributed by atoms with E-state index in [2.05, 4.69) is 23.4 Å². The third-order valence-electron chi connectivity index (χ3n) is 2.46. The fourth-order valence-electron chi connectivity index (χ4n) is 1.60. The normalized spacial score (nSPS) is 13.0. The molecule has 3 nitrogen and oxygen atoms in total. The molecule has 1 atom stereocenters. The summed E-state index contributed by atoms with van der Waals surface area (Å²) in [6.07, 6.45) is 5.94. The lowest BCUT2D eigenvalue weighted by Crippen LogP contribution is -1.99. The van der Waals surface area contributed by atoms with Gasteiger partial charge in [0.2, 0.25) is 0 Å². The average Bonchev–Trinajstić information content (AvgIpc) is 2.67. The SMILES string of the molecule is CCCCCC(O)c1snnc1CCC. The molecule has 0 radical (unpaired) electrons. The number of aromatic nitrogens is 2. The Morgan fingerprint density at radius 1 is 1.27 bits per heavy atom. The van der Waals surface area contributed by atoms with E-state index in [1.165, 1.54) is 24.4 Å². The highest BCUT2D eigenvalue weighted by Crippen LogP contribution is 2.25. The van der Waals surface area contributed by atoms with Crippen LogP contribution in [0.25, 0.3) is 0 Å². The fourth-order valence-corrected chi connectivity index (χ4v) is 2.31. The molecule has 4 heteroatoms. The number of aliphatic hydroxyl groups excluding tert-OH is 1. The second kappa shape index (κ2) is 6.90. The van der Waals surface area contributed by atoms with E-state index in [1.807, 2.05) is 0 Å². The van der Waals surface area contributed by atoms with Gasteiger partial charge >= 0.3 is 0 Å². The summed E-state index contributed by atoms with van der Waals surface area (Å²) >= 11 is 1.34. The molecule has 0 saturated carbocycles. The van der Waals surface area contributed by atoms with Crippen molar-refractivity contribution in [3.05, 3.63) is 10.6 Å². The zero-order valence-electron chi connectivity index (χ0n) is 9.57. The van der Waals surface area contributed by atoms with Gasteiger partial charge in [0, 0.05) is 0 Å². The lowest BCUT2D eigenvalue weighted by molar-refractivity contribution is 0.166. The summed E-state index contributed by atoms with van der Waals surface area (Å²) in [5, 5.41) is 14.0. The maximum atomic E-state index is 9.97. The molecular formula is C11H20N2OS. The number of hydrogen-bond acceptors (Lipinski definition) is 4. The Morgan fingerprint density at radius 2 is 2.07 bits per heavy atom. The average molecular weight is 228 g/mol. The van der Waals surface area contributed by atoms with Crippen molar-refractivity contribution in [2.75, 3.05) is 0 Å². The first kappa shape index (κ1) is 12.6. The Hall–Kier alpha value is -0.480. The zero-order chi connectivity index (χ0) is 11.1. The molecule has 0 aliphatic carbocycles. The van der Waals surface area contributed by atoms with Crippen LogP contribution < -0.4 is 0 Å². The van der Waals surface area contributed by atoms with Gasteiger partial charge in [-0.3, -0.25) is 0 Å². The lowest BCUT2D eigenvalue weighted by Gasteiger charge is -2.08. The summed E-state index contributed by atoms with van der Waals surface area (Å²) in [7, 11) is 0. The fraction of sp³-hybridized carbons (Fsp3) is 0.818. The molecular weight excluding hydrogens is 208 g/mol. The van der Waals surface area contributed by atoms with Gasteiger partial charge in [-0.1, -0.05) is 44.0 Å². The third kappa shape index (κ3) is 3.87. The number of unbranched alkanes of at least 4 members (excludes halogenated alkanes) is 2. The van der Waals surface area contributed by atoms with E-state index in [0.717, 1.165) is 36.3 Å². The van der Waals surface area contributed by atoms with Crippen LogP contribution in [-0.4, -0.2) is 14.7 Å². The second-order valence-electron chi connectivity index (χ2n) is 3.85. The minimum atomic E-state index is -0.349. The topological polar surface area (TPSA) is 46.0 Å². The molecule has 0 fully saturated rings. The van der Waals surface area contributed by atoms with Crippen LogP contribution in [0.5, 0.6) is 0 Å². The maximum absolute atomic E-state index is 9.97. The number of nitrogens with zero attached hydrogens (tertiary/aromatic N) is 2. The van der Waals surface area contributed by atoms with Crippen molar-refractivity contribution in [1.29, 1.82) is 0 Å². The Bertz CT molecular complexity index is 275. The van der Waals surface area contributed by atoms with Crippen LogP contribution in [0.15, 0.2) is 0 Å². The van der Waals surface area contributed by atoms with Crippen molar-refractivity contribution in [2.45, 2.75) is 58.5 Å².